The number of hydrogen-bond donors (Lipinski definition) is 2. The quantitative estimate of drug-likeness (QED) is 0.799. The monoisotopic (exact) mass is 366 g/mol. The highest BCUT2D eigenvalue weighted by atomic mass is 16.2. The van der Waals surface area contributed by atoms with E-state index in [2.05, 4.69) is 20.3 Å². The van der Waals surface area contributed by atoms with Gasteiger partial charge >= 0.3 is 0 Å². The number of nitrogen functional groups attached to an aromatic ring is 1. The molecule has 1 saturated heterocycles. The van der Waals surface area contributed by atoms with Crippen LogP contribution in [0.15, 0.2) is 30.3 Å². The fourth-order valence-electron chi connectivity index (χ4n) is 4.00. The molecule has 2 heterocycles. The summed E-state index contributed by atoms with van der Waals surface area (Å²) in [6, 6.07) is 9.43. The standard InChI is InChI=1S/C19H22N6O2/c20-17-22-14(23-18(24-17)21-13-7-3-1-4-8-13)12-25-15(26)11-19(16(25)27)9-5-2-6-10-19/h1,3-4,7-8H,2,5-6,9-12H2,(H3,20,21,22,23,24). The van der Waals surface area contributed by atoms with Crippen LogP contribution in [0.5, 0.6) is 0 Å². The summed E-state index contributed by atoms with van der Waals surface area (Å²) in [5.41, 5.74) is 6.10. The predicted octanol–water partition coefficient (Wildman–Crippen LogP) is 2.41. The first-order valence-corrected chi connectivity index (χ1v) is 9.23. The number of carbonyl (C=O) groups is 2. The number of carbonyl (C=O) groups excluding carboxylic acids is 2. The average molecular weight is 366 g/mol. The molecule has 140 valence electrons. The lowest BCUT2D eigenvalue weighted by molar-refractivity contribution is -0.143. The molecule has 1 spiro atoms. The zero-order valence-electron chi connectivity index (χ0n) is 15.0. The maximum Gasteiger partial charge on any atom is 0.236 e. The van der Waals surface area contributed by atoms with E-state index in [1.54, 1.807) is 0 Å². The first-order valence-electron chi connectivity index (χ1n) is 9.23. The molecule has 1 aromatic heterocycles. The van der Waals surface area contributed by atoms with Gasteiger partial charge < -0.3 is 11.1 Å². The number of imide groups is 1. The van der Waals surface area contributed by atoms with Crippen LogP contribution in [-0.4, -0.2) is 31.7 Å². The van der Waals surface area contributed by atoms with E-state index in [9.17, 15) is 9.59 Å². The van der Waals surface area contributed by atoms with Crippen molar-refractivity contribution in [2.24, 2.45) is 5.41 Å². The number of rotatable bonds is 4. The van der Waals surface area contributed by atoms with Crippen molar-refractivity contribution in [3.05, 3.63) is 36.2 Å². The zero-order chi connectivity index (χ0) is 18.9. The van der Waals surface area contributed by atoms with Gasteiger partial charge in [-0.05, 0) is 25.0 Å². The number of nitrogens with two attached hydrogens (primary N) is 1. The Bertz CT molecular complexity index is 864. The van der Waals surface area contributed by atoms with E-state index in [1.165, 1.54) is 4.90 Å². The number of nitrogens with zero attached hydrogens (tertiary/aromatic N) is 4. The van der Waals surface area contributed by atoms with Crippen LogP contribution in [0.1, 0.15) is 44.3 Å². The highest BCUT2D eigenvalue weighted by Crippen LogP contribution is 2.45. The summed E-state index contributed by atoms with van der Waals surface area (Å²) in [5, 5.41) is 3.06. The Morgan fingerprint density at radius 2 is 1.78 bits per heavy atom. The van der Waals surface area contributed by atoms with Crippen molar-refractivity contribution in [1.82, 2.24) is 19.9 Å². The molecule has 0 atom stereocenters. The Morgan fingerprint density at radius 1 is 1.04 bits per heavy atom. The van der Waals surface area contributed by atoms with Gasteiger partial charge in [0, 0.05) is 12.1 Å². The maximum absolute atomic E-state index is 12.9. The smallest absolute Gasteiger partial charge is 0.236 e. The van der Waals surface area contributed by atoms with Gasteiger partial charge in [0.25, 0.3) is 0 Å². The molecule has 0 unspecified atom stereocenters. The number of aromatic nitrogens is 3. The minimum absolute atomic E-state index is 0.0234. The molecule has 2 aromatic rings. The van der Waals surface area contributed by atoms with Crippen molar-refractivity contribution in [1.29, 1.82) is 0 Å². The summed E-state index contributed by atoms with van der Waals surface area (Å²) in [4.78, 5) is 39.3. The van der Waals surface area contributed by atoms with Crippen molar-refractivity contribution < 1.29 is 9.59 Å². The normalized spacial score (nSPS) is 18.9. The lowest BCUT2D eigenvalue weighted by Gasteiger charge is -2.30. The Morgan fingerprint density at radius 3 is 2.52 bits per heavy atom. The van der Waals surface area contributed by atoms with Crippen molar-refractivity contribution >= 4 is 29.4 Å². The summed E-state index contributed by atoms with van der Waals surface area (Å²) in [5.74, 6) is 0.387. The molecule has 0 bridgehead atoms. The molecule has 4 rings (SSSR count). The van der Waals surface area contributed by atoms with Gasteiger partial charge in [-0.2, -0.15) is 15.0 Å². The fraction of sp³-hybridized carbons (Fsp3) is 0.421. The number of anilines is 3. The fourth-order valence-corrected chi connectivity index (χ4v) is 4.00. The summed E-state index contributed by atoms with van der Waals surface area (Å²) >= 11 is 0. The molecule has 1 aliphatic carbocycles. The lowest BCUT2D eigenvalue weighted by Crippen LogP contribution is -2.37. The van der Waals surface area contributed by atoms with Gasteiger partial charge in [-0.3, -0.25) is 14.5 Å². The van der Waals surface area contributed by atoms with Crippen LogP contribution in [-0.2, 0) is 16.1 Å². The van der Waals surface area contributed by atoms with E-state index in [0.29, 0.717) is 12.2 Å². The second-order valence-electron chi connectivity index (χ2n) is 7.23. The van der Waals surface area contributed by atoms with Gasteiger partial charge in [0.05, 0.1) is 12.0 Å². The molecule has 2 amide bonds. The molecular formula is C19H22N6O2. The molecule has 0 radical (unpaired) electrons. The largest absolute Gasteiger partial charge is 0.368 e. The minimum Gasteiger partial charge on any atom is -0.368 e. The van der Waals surface area contributed by atoms with Crippen molar-refractivity contribution in [2.45, 2.75) is 45.1 Å². The van der Waals surface area contributed by atoms with Crippen LogP contribution in [0.2, 0.25) is 0 Å². The van der Waals surface area contributed by atoms with E-state index >= 15 is 0 Å². The minimum atomic E-state index is -0.515. The molecule has 8 heteroatoms. The molecule has 1 saturated carbocycles. The van der Waals surface area contributed by atoms with Gasteiger partial charge in [-0.15, -0.1) is 0 Å². The molecule has 1 aliphatic heterocycles. The Kier molecular flexibility index (Phi) is 4.47. The highest BCUT2D eigenvalue weighted by molar-refractivity contribution is 6.05. The molecular weight excluding hydrogens is 344 g/mol. The third-order valence-electron chi connectivity index (χ3n) is 5.33. The SMILES string of the molecule is Nc1nc(CN2C(=O)CC3(CCCCC3)C2=O)nc(Nc2ccccc2)n1. The topological polar surface area (TPSA) is 114 Å². The summed E-state index contributed by atoms with van der Waals surface area (Å²) in [6.07, 6.45) is 4.99. The first kappa shape index (κ1) is 17.4. The van der Waals surface area contributed by atoms with Gasteiger partial charge in [0.15, 0.2) is 5.82 Å². The Hall–Kier alpha value is -3.03. The number of para-hydroxylation sites is 1. The van der Waals surface area contributed by atoms with E-state index in [-0.39, 0.29) is 30.3 Å². The van der Waals surface area contributed by atoms with E-state index in [1.807, 2.05) is 30.3 Å². The van der Waals surface area contributed by atoms with Crippen LogP contribution >= 0.6 is 0 Å². The van der Waals surface area contributed by atoms with E-state index in [0.717, 1.165) is 37.8 Å². The van der Waals surface area contributed by atoms with E-state index in [4.69, 9.17) is 5.73 Å². The van der Waals surface area contributed by atoms with Gasteiger partial charge in [0.1, 0.15) is 0 Å². The van der Waals surface area contributed by atoms with Crippen molar-refractivity contribution in [2.75, 3.05) is 11.1 Å². The van der Waals surface area contributed by atoms with E-state index < -0.39 is 5.41 Å². The number of likely N-dealkylation sites (tertiary alicyclic amines) is 1. The average Bonchev–Trinajstić information content (AvgIpc) is 2.87. The Balaban J connectivity index is 1.54. The van der Waals surface area contributed by atoms with Crippen molar-refractivity contribution in [3.63, 3.8) is 0 Å². The maximum atomic E-state index is 12.9. The number of benzene rings is 1. The third-order valence-corrected chi connectivity index (χ3v) is 5.33. The molecule has 27 heavy (non-hydrogen) atoms. The van der Waals surface area contributed by atoms with Gasteiger partial charge in [-0.1, -0.05) is 37.5 Å². The van der Waals surface area contributed by atoms with Crippen LogP contribution in [0.25, 0.3) is 0 Å². The van der Waals surface area contributed by atoms with Crippen molar-refractivity contribution in [3.8, 4) is 0 Å². The second kappa shape index (κ2) is 6.94. The number of hydrogen-bond acceptors (Lipinski definition) is 7. The van der Waals surface area contributed by atoms with Gasteiger partial charge in [-0.25, -0.2) is 0 Å². The van der Waals surface area contributed by atoms with Crippen LogP contribution in [0.3, 0.4) is 0 Å². The summed E-state index contributed by atoms with van der Waals surface area (Å²) in [7, 11) is 0. The zero-order valence-corrected chi connectivity index (χ0v) is 15.0. The molecule has 8 nitrogen and oxygen atoms in total. The second-order valence-corrected chi connectivity index (χ2v) is 7.23. The lowest BCUT2D eigenvalue weighted by atomic mass is 9.73. The number of nitrogens with one attached hydrogen (secondary N) is 1. The number of amides is 2. The van der Waals surface area contributed by atoms with Crippen LogP contribution < -0.4 is 11.1 Å². The van der Waals surface area contributed by atoms with Gasteiger partial charge in [0.2, 0.25) is 23.7 Å². The molecule has 2 fully saturated rings. The highest BCUT2D eigenvalue weighted by Gasteiger charge is 2.51. The predicted molar refractivity (Wildman–Crippen MR) is 99.7 cm³/mol. The molecule has 3 N–H and O–H groups in total. The summed E-state index contributed by atoms with van der Waals surface area (Å²) < 4.78 is 0. The third kappa shape index (κ3) is 3.47. The molecule has 2 aliphatic rings. The first-order chi connectivity index (χ1) is 13.1. The molecule has 1 aromatic carbocycles. The van der Waals surface area contributed by atoms with Crippen LogP contribution in [0, 0.1) is 5.41 Å². The van der Waals surface area contributed by atoms with Crippen LogP contribution in [0.4, 0.5) is 17.6 Å². The summed E-state index contributed by atoms with van der Waals surface area (Å²) in [6.45, 7) is 0.0234. The Labute approximate surface area is 157 Å².